The first kappa shape index (κ1) is 16.4. The topological polar surface area (TPSA) is 70.1 Å². The quantitative estimate of drug-likeness (QED) is 0.823. The van der Waals surface area contributed by atoms with Crippen LogP contribution in [0.3, 0.4) is 0 Å². The number of carbonyl (C=O) groups is 1. The lowest BCUT2D eigenvalue weighted by Crippen LogP contribution is -2.66. The monoisotopic (exact) mass is 368 g/mol. The van der Waals surface area contributed by atoms with Crippen molar-refractivity contribution >= 4 is 5.91 Å². The van der Waals surface area contributed by atoms with Gasteiger partial charge in [-0.2, -0.15) is 0 Å². The van der Waals surface area contributed by atoms with Gasteiger partial charge in [0.15, 0.2) is 11.5 Å². The van der Waals surface area contributed by atoms with Gasteiger partial charge in [-0.25, -0.2) is 4.98 Å². The molecule has 0 unspecified atom stereocenters. The first-order valence-corrected chi connectivity index (χ1v) is 9.10. The van der Waals surface area contributed by atoms with E-state index in [1.165, 1.54) is 0 Å². The number of aromatic nitrogens is 1. The molecule has 4 heterocycles. The van der Waals surface area contributed by atoms with Gasteiger partial charge in [-0.05, 0) is 30.7 Å². The third kappa shape index (κ3) is 2.88. The summed E-state index contributed by atoms with van der Waals surface area (Å²) in [6, 6.07) is 10.9. The molecule has 2 saturated heterocycles. The largest absolute Gasteiger partial charge is 0.477 e. The van der Waals surface area contributed by atoms with Crippen LogP contribution in [0.2, 0.25) is 0 Å². The number of ether oxygens (including phenoxy) is 4. The van der Waals surface area contributed by atoms with Crippen LogP contribution in [0.1, 0.15) is 16.8 Å². The number of likely N-dealkylation sites (tertiary alicyclic amines) is 1. The molecule has 140 valence electrons. The second-order valence-electron chi connectivity index (χ2n) is 7.11. The summed E-state index contributed by atoms with van der Waals surface area (Å²) in [6.45, 7) is 2.60. The summed E-state index contributed by atoms with van der Waals surface area (Å²) in [5, 5.41) is 0. The molecule has 3 aliphatic heterocycles. The smallest absolute Gasteiger partial charge is 0.254 e. The maximum absolute atomic E-state index is 12.8. The standard InChI is InChI=1S/C20H20N2O5/c23-19(14-4-5-16-17(9-14)26-13-25-16)22-11-20(12-22)15(6-8-27-20)10-24-18-3-1-2-7-21-18/h1-5,7,9,15H,6,8,10-13H2/t15-/m0/s1. The number of pyridine rings is 1. The molecule has 0 saturated carbocycles. The molecule has 1 amide bonds. The maximum Gasteiger partial charge on any atom is 0.254 e. The zero-order valence-corrected chi connectivity index (χ0v) is 14.8. The number of amides is 1. The molecule has 2 fully saturated rings. The van der Waals surface area contributed by atoms with Gasteiger partial charge in [0, 0.05) is 30.4 Å². The van der Waals surface area contributed by atoms with Gasteiger partial charge in [0.2, 0.25) is 12.7 Å². The molecule has 0 radical (unpaired) electrons. The van der Waals surface area contributed by atoms with E-state index in [1.54, 1.807) is 24.4 Å². The van der Waals surface area contributed by atoms with Crippen LogP contribution in [0, 0.1) is 5.92 Å². The van der Waals surface area contributed by atoms with Crippen molar-refractivity contribution in [2.75, 3.05) is 33.1 Å². The van der Waals surface area contributed by atoms with Crippen LogP contribution in [-0.4, -0.2) is 54.5 Å². The molecular weight excluding hydrogens is 348 g/mol. The minimum Gasteiger partial charge on any atom is -0.477 e. The van der Waals surface area contributed by atoms with Gasteiger partial charge in [-0.3, -0.25) is 4.79 Å². The van der Waals surface area contributed by atoms with Gasteiger partial charge < -0.3 is 23.8 Å². The van der Waals surface area contributed by atoms with Crippen molar-refractivity contribution in [3.8, 4) is 17.4 Å². The van der Waals surface area contributed by atoms with E-state index in [-0.39, 0.29) is 24.2 Å². The fraction of sp³-hybridized carbons (Fsp3) is 0.400. The van der Waals surface area contributed by atoms with Gasteiger partial charge in [0.05, 0.1) is 19.7 Å². The van der Waals surface area contributed by atoms with E-state index in [4.69, 9.17) is 18.9 Å². The number of rotatable bonds is 4. The fourth-order valence-corrected chi connectivity index (χ4v) is 3.94. The van der Waals surface area contributed by atoms with Gasteiger partial charge in [0.1, 0.15) is 5.60 Å². The Kier molecular flexibility index (Phi) is 3.89. The van der Waals surface area contributed by atoms with Crippen molar-refractivity contribution in [3.63, 3.8) is 0 Å². The first-order valence-electron chi connectivity index (χ1n) is 9.10. The number of benzene rings is 1. The highest BCUT2D eigenvalue weighted by Crippen LogP contribution is 2.41. The number of nitrogens with zero attached hydrogens (tertiary/aromatic N) is 2. The first-order chi connectivity index (χ1) is 13.2. The molecule has 1 aromatic heterocycles. The summed E-state index contributed by atoms with van der Waals surface area (Å²) in [5.41, 5.74) is 0.300. The lowest BCUT2D eigenvalue weighted by molar-refractivity contribution is -0.122. The Morgan fingerprint density at radius 1 is 1.22 bits per heavy atom. The van der Waals surface area contributed by atoms with Crippen LogP contribution in [0.15, 0.2) is 42.6 Å². The van der Waals surface area contributed by atoms with Gasteiger partial charge in [-0.1, -0.05) is 6.07 Å². The molecule has 2 aromatic rings. The molecule has 1 spiro atoms. The normalized spacial score (nSPS) is 21.9. The zero-order valence-electron chi connectivity index (χ0n) is 14.8. The molecule has 27 heavy (non-hydrogen) atoms. The van der Waals surface area contributed by atoms with Crippen molar-refractivity contribution in [2.24, 2.45) is 5.92 Å². The highest BCUT2D eigenvalue weighted by atomic mass is 16.7. The van der Waals surface area contributed by atoms with Crippen molar-refractivity contribution in [3.05, 3.63) is 48.2 Å². The minimum atomic E-state index is -0.305. The summed E-state index contributed by atoms with van der Waals surface area (Å²) in [6.07, 6.45) is 2.64. The molecule has 3 aliphatic rings. The average molecular weight is 368 g/mol. The van der Waals surface area contributed by atoms with Gasteiger partial charge in [-0.15, -0.1) is 0 Å². The third-order valence-corrected chi connectivity index (χ3v) is 5.49. The lowest BCUT2D eigenvalue weighted by Gasteiger charge is -2.50. The molecular formula is C20H20N2O5. The number of carbonyl (C=O) groups excluding carboxylic acids is 1. The predicted molar refractivity (Wildman–Crippen MR) is 95.0 cm³/mol. The summed E-state index contributed by atoms with van der Waals surface area (Å²) in [4.78, 5) is 18.8. The highest BCUT2D eigenvalue weighted by Gasteiger charge is 2.54. The third-order valence-electron chi connectivity index (χ3n) is 5.49. The van der Waals surface area contributed by atoms with Crippen LogP contribution in [-0.2, 0) is 4.74 Å². The number of fused-ring (bicyclic) bond motifs is 1. The minimum absolute atomic E-state index is 0.0150. The Morgan fingerprint density at radius 3 is 2.96 bits per heavy atom. The van der Waals surface area contributed by atoms with E-state index in [2.05, 4.69) is 4.98 Å². The summed E-state index contributed by atoms with van der Waals surface area (Å²) in [5.74, 6) is 2.15. The Labute approximate surface area is 156 Å². The summed E-state index contributed by atoms with van der Waals surface area (Å²) in [7, 11) is 0. The van der Waals surface area contributed by atoms with Crippen LogP contribution in [0.25, 0.3) is 0 Å². The van der Waals surface area contributed by atoms with Crippen LogP contribution in [0.4, 0.5) is 0 Å². The van der Waals surface area contributed by atoms with E-state index in [1.807, 2.05) is 23.1 Å². The zero-order chi connectivity index (χ0) is 18.3. The SMILES string of the molecule is O=C(c1ccc2c(c1)OCO2)N1CC2(C1)OCC[C@H]2COc1ccccn1. The molecule has 5 rings (SSSR count). The predicted octanol–water partition coefficient (Wildman–Crippen LogP) is 2.12. The van der Waals surface area contributed by atoms with Crippen LogP contribution in [0.5, 0.6) is 17.4 Å². The molecule has 0 bridgehead atoms. The van der Waals surface area contributed by atoms with Crippen molar-refractivity contribution in [1.82, 2.24) is 9.88 Å². The molecule has 0 aliphatic carbocycles. The summed E-state index contributed by atoms with van der Waals surface area (Å²) < 4.78 is 22.5. The van der Waals surface area contributed by atoms with E-state index < -0.39 is 0 Å². The highest BCUT2D eigenvalue weighted by molar-refractivity contribution is 5.95. The van der Waals surface area contributed by atoms with Crippen molar-refractivity contribution in [1.29, 1.82) is 0 Å². The second-order valence-corrected chi connectivity index (χ2v) is 7.11. The Balaban J connectivity index is 1.22. The number of hydrogen-bond donors (Lipinski definition) is 0. The second kappa shape index (κ2) is 6.42. The summed E-state index contributed by atoms with van der Waals surface area (Å²) >= 11 is 0. The van der Waals surface area contributed by atoms with E-state index in [9.17, 15) is 4.79 Å². The Bertz CT molecular complexity index is 851. The Morgan fingerprint density at radius 2 is 2.11 bits per heavy atom. The van der Waals surface area contributed by atoms with Crippen molar-refractivity contribution in [2.45, 2.75) is 12.0 Å². The van der Waals surface area contributed by atoms with Crippen LogP contribution < -0.4 is 14.2 Å². The van der Waals surface area contributed by atoms with E-state index >= 15 is 0 Å². The average Bonchev–Trinajstić information content (AvgIpc) is 3.31. The van der Waals surface area contributed by atoms with E-state index in [0.29, 0.717) is 49.2 Å². The fourth-order valence-electron chi connectivity index (χ4n) is 3.94. The van der Waals surface area contributed by atoms with E-state index in [0.717, 1.165) is 6.42 Å². The lowest BCUT2D eigenvalue weighted by atomic mass is 9.81. The number of hydrogen-bond acceptors (Lipinski definition) is 6. The Hall–Kier alpha value is -2.80. The van der Waals surface area contributed by atoms with Crippen LogP contribution >= 0.6 is 0 Å². The van der Waals surface area contributed by atoms with Crippen molar-refractivity contribution < 1.29 is 23.7 Å². The molecule has 7 heteroatoms. The molecule has 1 atom stereocenters. The van der Waals surface area contributed by atoms with Gasteiger partial charge in [0.25, 0.3) is 5.91 Å². The maximum atomic E-state index is 12.8. The molecule has 7 nitrogen and oxygen atoms in total. The molecule has 1 aromatic carbocycles. The van der Waals surface area contributed by atoms with Gasteiger partial charge >= 0.3 is 0 Å². The molecule has 0 N–H and O–H groups in total.